The molecule has 0 saturated heterocycles. The Morgan fingerprint density at radius 2 is 1.96 bits per heavy atom. The van der Waals surface area contributed by atoms with Crippen LogP contribution in [0.4, 0.5) is 13.6 Å². The fourth-order valence-electron chi connectivity index (χ4n) is 2.89. The highest BCUT2D eigenvalue weighted by Crippen LogP contribution is 2.27. The summed E-state index contributed by atoms with van der Waals surface area (Å²) in [5, 5.41) is 2.79. The Hall–Kier alpha value is -3.03. The average molecular weight is 388 g/mol. The SMILES string of the molecule is CCC(NC(=O)OC(C)(C)C)c1nc2ccc(F)cc2n1-c1cncc(F)c1. The molecule has 1 N–H and O–H groups in total. The molecule has 2 aromatic heterocycles. The van der Waals surface area contributed by atoms with Crippen LogP contribution in [-0.4, -0.2) is 26.2 Å². The van der Waals surface area contributed by atoms with Gasteiger partial charge in [-0.1, -0.05) is 6.92 Å². The van der Waals surface area contributed by atoms with Gasteiger partial charge < -0.3 is 10.1 Å². The fourth-order valence-corrected chi connectivity index (χ4v) is 2.89. The summed E-state index contributed by atoms with van der Waals surface area (Å²) in [7, 11) is 0. The first kappa shape index (κ1) is 19.7. The van der Waals surface area contributed by atoms with Crippen molar-refractivity contribution in [1.82, 2.24) is 19.9 Å². The van der Waals surface area contributed by atoms with Crippen molar-refractivity contribution >= 4 is 17.1 Å². The normalized spacial score (nSPS) is 12.8. The van der Waals surface area contributed by atoms with Gasteiger partial charge in [0, 0.05) is 12.1 Å². The summed E-state index contributed by atoms with van der Waals surface area (Å²) in [6.45, 7) is 7.17. The number of nitrogens with zero attached hydrogens (tertiary/aromatic N) is 3. The maximum atomic E-state index is 13.9. The molecule has 6 nitrogen and oxygen atoms in total. The molecule has 8 heteroatoms. The van der Waals surface area contributed by atoms with Crippen LogP contribution in [0.3, 0.4) is 0 Å². The van der Waals surface area contributed by atoms with Gasteiger partial charge in [-0.05, 0) is 39.3 Å². The molecule has 2 heterocycles. The van der Waals surface area contributed by atoms with Crippen LogP contribution in [0.5, 0.6) is 0 Å². The molecule has 1 aromatic carbocycles. The molecule has 0 fully saturated rings. The number of rotatable bonds is 4. The van der Waals surface area contributed by atoms with Crippen LogP contribution in [0.15, 0.2) is 36.7 Å². The third-order valence-corrected chi connectivity index (χ3v) is 4.00. The highest BCUT2D eigenvalue weighted by atomic mass is 19.1. The van der Waals surface area contributed by atoms with E-state index in [2.05, 4.69) is 15.3 Å². The van der Waals surface area contributed by atoms with Crippen LogP contribution in [-0.2, 0) is 4.74 Å². The minimum Gasteiger partial charge on any atom is -0.444 e. The monoisotopic (exact) mass is 388 g/mol. The van der Waals surface area contributed by atoms with Crippen LogP contribution < -0.4 is 5.32 Å². The molecule has 0 aliphatic rings. The standard InChI is InChI=1S/C20H22F2N4O2/c1-5-15(25-19(27)28-20(2,3)4)18-24-16-7-6-12(21)9-17(16)26(18)14-8-13(22)10-23-11-14/h6-11,15H,5H2,1-4H3,(H,25,27). The van der Waals surface area contributed by atoms with E-state index < -0.39 is 29.4 Å². The highest BCUT2D eigenvalue weighted by Gasteiger charge is 2.25. The first-order valence-electron chi connectivity index (χ1n) is 8.96. The first-order chi connectivity index (χ1) is 13.2. The van der Waals surface area contributed by atoms with Crippen LogP contribution in [0.2, 0.25) is 0 Å². The van der Waals surface area contributed by atoms with Gasteiger partial charge in [-0.15, -0.1) is 0 Å². The van der Waals surface area contributed by atoms with Crippen molar-refractivity contribution in [3.05, 3.63) is 54.1 Å². The number of benzene rings is 1. The predicted molar refractivity (Wildman–Crippen MR) is 101 cm³/mol. The molecular weight excluding hydrogens is 366 g/mol. The van der Waals surface area contributed by atoms with Crippen molar-refractivity contribution in [2.24, 2.45) is 0 Å². The second-order valence-electron chi connectivity index (χ2n) is 7.41. The number of hydrogen-bond donors (Lipinski definition) is 1. The molecule has 1 atom stereocenters. The van der Waals surface area contributed by atoms with E-state index in [4.69, 9.17) is 4.74 Å². The number of alkyl carbamates (subject to hydrolysis) is 1. The second-order valence-corrected chi connectivity index (χ2v) is 7.41. The number of pyridine rings is 1. The van der Waals surface area contributed by atoms with E-state index >= 15 is 0 Å². The zero-order valence-corrected chi connectivity index (χ0v) is 16.2. The number of halogens is 2. The lowest BCUT2D eigenvalue weighted by molar-refractivity contribution is 0.0499. The minimum atomic E-state index is -0.655. The minimum absolute atomic E-state index is 0.382. The van der Waals surface area contributed by atoms with Crippen molar-refractivity contribution in [3.8, 4) is 5.69 Å². The van der Waals surface area contributed by atoms with Gasteiger partial charge in [-0.25, -0.2) is 18.6 Å². The van der Waals surface area contributed by atoms with Gasteiger partial charge in [0.05, 0.1) is 35.2 Å². The van der Waals surface area contributed by atoms with Gasteiger partial charge in [0.1, 0.15) is 23.1 Å². The number of nitrogens with one attached hydrogen (secondary N) is 1. The first-order valence-corrected chi connectivity index (χ1v) is 8.96. The molecule has 0 spiro atoms. The summed E-state index contributed by atoms with van der Waals surface area (Å²) in [6, 6.07) is 4.90. The molecule has 0 saturated carbocycles. The molecular formula is C20H22F2N4O2. The molecule has 0 aliphatic heterocycles. The van der Waals surface area contributed by atoms with Gasteiger partial charge in [-0.3, -0.25) is 9.55 Å². The topological polar surface area (TPSA) is 69.0 Å². The van der Waals surface area contributed by atoms with E-state index in [1.165, 1.54) is 30.5 Å². The zero-order valence-electron chi connectivity index (χ0n) is 16.2. The lowest BCUT2D eigenvalue weighted by Crippen LogP contribution is -2.35. The molecule has 28 heavy (non-hydrogen) atoms. The Labute approximate surface area is 161 Å². The Kier molecular flexibility index (Phi) is 5.31. The summed E-state index contributed by atoms with van der Waals surface area (Å²) < 4.78 is 34.6. The van der Waals surface area contributed by atoms with Crippen molar-refractivity contribution in [2.75, 3.05) is 0 Å². The Bertz CT molecular complexity index is 1010. The van der Waals surface area contributed by atoms with E-state index in [0.29, 0.717) is 29.0 Å². The number of fused-ring (bicyclic) bond motifs is 1. The third kappa shape index (κ3) is 4.27. The molecule has 0 radical (unpaired) electrons. The van der Waals surface area contributed by atoms with Gasteiger partial charge in [0.2, 0.25) is 0 Å². The number of carbonyl (C=O) groups excluding carboxylic acids is 1. The summed E-state index contributed by atoms with van der Waals surface area (Å²) in [6.07, 6.45) is 2.44. The number of aromatic nitrogens is 3. The van der Waals surface area contributed by atoms with Gasteiger partial charge >= 0.3 is 6.09 Å². The molecule has 1 amide bonds. The summed E-state index contributed by atoms with van der Waals surface area (Å²) in [5.74, 6) is -0.547. The molecule has 148 valence electrons. The van der Waals surface area contributed by atoms with E-state index in [1.807, 2.05) is 6.92 Å². The maximum absolute atomic E-state index is 13.9. The maximum Gasteiger partial charge on any atom is 0.408 e. The van der Waals surface area contributed by atoms with Crippen LogP contribution in [0, 0.1) is 11.6 Å². The second kappa shape index (κ2) is 7.53. The molecule has 3 aromatic rings. The molecule has 3 rings (SSSR count). The quantitative estimate of drug-likeness (QED) is 0.705. The van der Waals surface area contributed by atoms with Crippen LogP contribution in [0.25, 0.3) is 16.7 Å². The molecule has 0 bridgehead atoms. The number of hydrogen-bond acceptors (Lipinski definition) is 4. The highest BCUT2D eigenvalue weighted by molar-refractivity contribution is 5.79. The zero-order chi connectivity index (χ0) is 20.5. The van der Waals surface area contributed by atoms with Crippen molar-refractivity contribution in [1.29, 1.82) is 0 Å². The van der Waals surface area contributed by atoms with Crippen molar-refractivity contribution in [2.45, 2.75) is 45.8 Å². The van der Waals surface area contributed by atoms with Crippen molar-refractivity contribution < 1.29 is 18.3 Å². The van der Waals surface area contributed by atoms with E-state index in [-0.39, 0.29) is 0 Å². The summed E-state index contributed by atoms with van der Waals surface area (Å²) in [4.78, 5) is 20.7. The van der Waals surface area contributed by atoms with Crippen molar-refractivity contribution in [3.63, 3.8) is 0 Å². The number of ether oxygens (including phenoxy) is 1. The van der Waals surface area contributed by atoms with Crippen LogP contribution >= 0.6 is 0 Å². The molecule has 0 aliphatic carbocycles. The van der Waals surface area contributed by atoms with Gasteiger partial charge in [0.15, 0.2) is 0 Å². The van der Waals surface area contributed by atoms with E-state index in [0.717, 1.165) is 6.20 Å². The fraction of sp³-hybridized carbons (Fsp3) is 0.350. The number of imidazole rings is 1. The molecule has 1 unspecified atom stereocenters. The smallest absolute Gasteiger partial charge is 0.408 e. The summed E-state index contributed by atoms with van der Waals surface area (Å²) in [5.41, 5.74) is 0.697. The lowest BCUT2D eigenvalue weighted by Gasteiger charge is -2.23. The lowest BCUT2D eigenvalue weighted by atomic mass is 10.2. The predicted octanol–water partition coefficient (Wildman–Crippen LogP) is 4.67. The third-order valence-electron chi connectivity index (χ3n) is 4.00. The number of amides is 1. The average Bonchev–Trinajstić information content (AvgIpc) is 2.96. The largest absolute Gasteiger partial charge is 0.444 e. The van der Waals surface area contributed by atoms with E-state index in [1.54, 1.807) is 25.3 Å². The van der Waals surface area contributed by atoms with Gasteiger partial charge in [0.25, 0.3) is 0 Å². The van der Waals surface area contributed by atoms with Gasteiger partial charge in [-0.2, -0.15) is 0 Å². The van der Waals surface area contributed by atoms with E-state index in [9.17, 15) is 13.6 Å². The van der Waals surface area contributed by atoms with Crippen LogP contribution in [0.1, 0.15) is 46.0 Å². The Morgan fingerprint density at radius 3 is 2.61 bits per heavy atom. The Morgan fingerprint density at radius 1 is 1.21 bits per heavy atom. The summed E-state index contributed by atoms with van der Waals surface area (Å²) >= 11 is 0. The Balaban J connectivity index is 2.11. The number of carbonyl (C=O) groups is 1.